The lowest BCUT2D eigenvalue weighted by Gasteiger charge is -2.10. The summed E-state index contributed by atoms with van der Waals surface area (Å²) in [4.78, 5) is 20.6. The Morgan fingerprint density at radius 1 is 1.00 bits per heavy atom. The lowest BCUT2D eigenvalue weighted by molar-refractivity contribution is 0.101. The molecular weight excluding hydrogens is 394 g/mol. The van der Waals surface area contributed by atoms with Crippen LogP contribution in [-0.4, -0.2) is 24.2 Å². The van der Waals surface area contributed by atoms with E-state index in [0.29, 0.717) is 15.8 Å². The SMILES string of the molecule is CC(=O)c1ccc(S(=O)(=O)Nc2ncnc3scc(-c4ccccc4)c23)cc1. The minimum atomic E-state index is -3.87. The number of ketones is 1. The van der Waals surface area contributed by atoms with Gasteiger partial charge in [-0.05, 0) is 24.6 Å². The first-order valence-corrected chi connectivity index (χ1v) is 10.7. The van der Waals surface area contributed by atoms with E-state index in [4.69, 9.17) is 0 Å². The predicted octanol–water partition coefficient (Wildman–Crippen LogP) is 4.36. The van der Waals surface area contributed by atoms with E-state index in [1.807, 2.05) is 35.7 Å². The van der Waals surface area contributed by atoms with Gasteiger partial charge in [0.15, 0.2) is 11.6 Å². The Labute approximate surface area is 166 Å². The lowest BCUT2D eigenvalue weighted by atomic mass is 10.1. The van der Waals surface area contributed by atoms with E-state index >= 15 is 0 Å². The molecular formula is C20H15N3O3S2. The van der Waals surface area contributed by atoms with Crippen LogP contribution in [0, 0.1) is 0 Å². The highest BCUT2D eigenvalue weighted by Crippen LogP contribution is 2.36. The summed E-state index contributed by atoms with van der Waals surface area (Å²) in [5.41, 5.74) is 2.27. The second kappa shape index (κ2) is 7.14. The summed E-state index contributed by atoms with van der Waals surface area (Å²) in [5, 5.41) is 2.59. The number of hydrogen-bond acceptors (Lipinski definition) is 6. The molecule has 28 heavy (non-hydrogen) atoms. The van der Waals surface area contributed by atoms with E-state index in [-0.39, 0.29) is 16.5 Å². The molecule has 0 saturated heterocycles. The second-order valence-corrected chi connectivity index (χ2v) is 8.64. The maximum atomic E-state index is 12.8. The van der Waals surface area contributed by atoms with Crippen LogP contribution in [0.3, 0.4) is 0 Å². The van der Waals surface area contributed by atoms with Crippen LogP contribution in [0.1, 0.15) is 17.3 Å². The fraction of sp³-hybridized carbons (Fsp3) is 0.0500. The molecule has 0 atom stereocenters. The number of nitrogens with one attached hydrogen (secondary N) is 1. The van der Waals surface area contributed by atoms with Crippen molar-refractivity contribution in [3.8, 4) is 11.1 Å². The minimum Gasteiger partial charge on any atom is -0.295 e. The molecule has 0 fully saturated rings. The van der Waals surface area contributed by atoms with E-state index in [2.05, 4.69) is 14.7 Å². The summed E-state index contributed by atoms with van der Waals surface area (Å²) >= 11 is 1.43. The first kappa shape index (κ1) is 18.3. The van der Waals surface area contributed by atoms with Crippen molar-refractivity contribution >= 4 is 43.2 Å². The van der Waals surface area contributed by atoms with Gasteiger partial charge >= 0.3 is 0 Å². The first-order chi connectivity index (χ1) is 13.5. The predicted molar refractivity (Wildman–Crippen MR) is 110 cm³/mol. The summed E-state index contributed by atoms with van der Waals surface area (Å²) in [6.07, 6.45) is 1.34. The Bertz CT molecular complexity index is 1270. The van der Waals surface area contributed by atoms with Gasteiger partial charge in [-0.25, -0.2) is 18.4 Å². The maximum absolute atomic E-state index is 12.8. The molecule has 0 unspecified atom stereocenters. The van der Waals surface area contributed by atoms with Crippen LogP contribution in [-0.2, 0) is 10.0 Å². The topological polar surface area (TPSA) is 89.0 Å². The zero-order valence-corrected chi connectivity index (χ0v) is 16.4. The van der Waals surface area contributed by atoms with Gasteiger partial charge in [0.25, 0.3) is 10.0 Å². The van der Waals surface area contributed by atoms with Gasteiger partial charge in [0.05, 0.1) is 10.3 Å². The average Bonchev–Trinajstić information content (AvgIpc) is 3.14. The molecule has 6 nitrogen and oxygen atoms in total. The fourth-order valence-corrected chi connectivity index (χ4v) is 4.78. The number of carbonyl (C=O) groups excluding carboxylic acids is 1. The van der Waals surface area contributed by atoms with Crippen molar-refractivity contribution in [1.82, 2.24) is 9.97 Å². The Morgan fingerprint density at radius 3 is 2.39 bits per heavy atom. The molecule has 1 N–H and O–H groups in total. The van der Waals surface area contributed by atoms with Crippen molar-refractivity contribution in [2.24, 2.45) is 0 Å². The monoisotopic (exact) mass is 409 g/mol. The van der Waals surface area contributed by atoms with E-state index in [1.165, 1.54) is 48.9 Å². The molecule has 0 radical (unpaired) electrons. The van der Waals surface area contributed by atoms with Gasteiger partial charge in [-0.2, -0.15) is 0 Å². The summed E-state index contributed by atoms with van der Waals surface area (Å²) < 4.78 is 28.3. The van der Waals surface area contributed by atoms with Crippen molar-refractivity contribution in [2.75, 3.05) is 4.72 Å². The van der Waals surface area contributed by atoms with Crippen LogP contribution in [0.2, 0.25) is 0 Å². The minimum absolute atomic E-state index is 0.0563. The Hall–Kier alpha value is -3.10. The number of carbonyl (C=O) groups is 1. The third-order valence-electron chi connectivity index (χ3n) is 4.26. The van der Waals surface area contributed by atoms with Crippen LogP contribution < -0.4 is 4.72 Å². The molecule has 0 bridgehead atoms. The Morgan fingerprint density at radius 2 is 1.71 bits per heavy atom. The summed E-state index contributed by atoms with van der Waals surface area (Å²) in [7, 11) is -3.87. The molecule has 2 aromatic heterocycles. The number of Topliss-reactive ketones (excluding diaryl/α,β-unsaturated/α-hetero) is 1. The van der Waals surface area contributed by atoms with Crippen LogP contribution in [0.4, 0.5) is 5.82 Å². The van der Waals surface area contributed by atoms with E-state index in [1.54, 1.807) is 0 Å². The van der Waals surface area contributed by atoms with E-state index in [9.17, 15) is 13.2 Å². The quantitative estimate of drug-likeness (QED) is 0.495. The molecule has 0 saturated carbocycles. The molecule has 2 heterocycles. The van der Waals surface area contributed by atoms with Gasteiger partial charge < -0.3 is 0 Å². The number of aromatic nitrogens is 2. The van der Waals surface area contributed by atoms with Crippen molar-refractivity contribution in [3.63, 3.8) is 0 Å². The first-order valence-electron chi connectivity index (χ1n) is 8.37. The lowest BCUT2D eigenvalue weighted by Crippen LogP contribution is -2.14. The molecule has 2 aromatic carbocycles. The number of nitrogens with zero attached hydrogens (tertiary/aromatic N) is 2. The number of benzene rings is 2. The zero-order chi connectivity index (χ0) is 19.7. The molecule has 0 spiro atoms. The molecule has 0 aliphatic rings. The van der Waals surface area contributed by atoms with Gasteiger partial charge in [-0.15, -0.1) is 11.3 Å². The molecule has 8 heteroatoms. The summed E-state index contributed by atoms with van der Waals surface area (Å²) in [5.74, 6) is 0.0981. The van der Waals surface area contributed by atoms with E-state index in [0.717, 1.165) is 11.1 Å². The molecule has 0 amide bonds. The second-order valence-electron chi connectivity index (χ2n) is 6.10. The standard InChI is InChI=1S/C20H15N3O3S2/c1-13(24)14-7-9-16(10-8-14)28(25,26)23-19-18-17(15-5-3-2-4-6-15)11-27-20(18)22-12-21-19/h2-12H,1H3,(H,21,22,23). The third kappa shape index (κ3) is 3.39. The molecule has 0 aliphatic carbocycles. The van der Waals surface area contributed by atoms with Gasteiger partial charge in [0.1, 0.15) is 11.2 Å². The van der Waals surface area contributed by atoms with Crippen molar-refractivity contribution in [3.05, 3.63) is 71.9 Å². The highest BCUT2D eigenvalue weighted by molar-refractivity contribution is 7.92. The van der Waals surface area contributed by atoms with E-state index < -0.39 is 10.0 Å². The van der Waals surface area contributed by atoms with Crippen LogP contribution >= 0.6 is 11.3 Å². The highest BCUT2D eigenvalue weighted by Gasteiger charge is 2.20. The third-order valence-corrected chi connectivity index (χ3v) is 6.50. The van der Waals surface area contributed by atoms with Crippen LogP contribution in [0.5, 0.6) is 0 Å². The molecule has 4 rings (SSSR count). The number of anilines is 1. The molecule has 140 valence electrons. The Kier molecular flexibility index (Phi) is 4.66. The smallest absolute Gasteiger partial charge is 0.263 e. The number of fused-ring (bicyclic) bond motifs is 1. The van der Waals surface area contributed by atoms with Gasteiger partial charge in [-0.3, -0.25) is 9.52 Å². The molecule has 0 aliphatic heterocycles. The van der Waals surface area contributed by atoms with Crippen molar-refractivity contribution in [2.45, 2.75) is 11.8 Å². The van der Waals surface area contributed by atoms with Crippen molar-refractivity contribution in [1.29, 1.82) is 0 Å². The molecule has 4 aromatic rings. The number of rotatable bonds is 5. The maximum Gasteiger partial charge on any atom is 0.263 e. The largest absolute Gasteiger partial charge is 0.295 e. The average molecular weight is 409 g/mol. The summed E-state index contributed by atoms with van der Waals surface area (Å²) in [6.45, 7) is 1.43. The van der Waals surface area contributed by atoms with Gasteiger partial charge in [0, 0.05) is 16.5 Å². The van der Waals surface area contributed by atoms with Crippen LogP contribution in [0.15, 0.2) is 71.2 Å². The number of thiophene rings is 1. The zero-order valence-electron chi connectivity index (χ0n) is 14.8. The normalized spacial score (nSPS) is 11.5. The van der Waals surface area contributed by atoms with Gasteiger partial charge in [0.2, 0.25) is 0 Å². The van der Waals surface area contributed by atoms with Gasteiger partial charge in [-0.1, -0.05) is 42.5 Å². The van der Waals surface area contributed by atoms with Crippen molar-refractivity contribution < 1.29 is 13.2 Å². The number of hydrogen-bond donors (Lipinski definition) is 1. The fourth-order valence-electron chi connectivity index (χ4n) is 2.84. The Balaban J connectivity index is 1.77. The van der Waals surface area contributed by atoms with Crippen LogP contribution in [0.25, 0.3) is 21.3 Å². The number of sulfonamides is 1. The highest BCUT2D eigenvalue weighted by atomic mass is 32.2. The summed E-state index contributed by atoms with van der Waals surface area (Å²) in [6, 6.07) is 15.5.